The minimum atomic E-state index is 0.865. The molecule has 0 spiro atoms. The van der Waals surface area contributed by atoms with Crippen molar-refractivity contribution in [3.05, 3.63) is 47.7 Å². The van der Waals surface area contributed by atoms with Gasteiger partial charge in [0.15, 0.2) is 5.88 Å². The van der Waals surface area contributed by atoms with Crippen molar-refractivity contribution < 1.29 is 4.74 Å². The third-order valence-corrected chi connectivity index (χ3v) is 2.67. The summed E-state index contributed by atoms with van der Waals surface area (Å²) in [5.74, 6) is 1.79. The highest BCUT2D eigenvalue weighted by Crippen LogP contribution is 2.26. The fourth-order valence-electron chi connectivity index (χ4n) is 1.50. The molecule has 1 aromatic carbocycles. The molecule has 0 atom stereocenters. The molecule has 0 aliphatic rings. The van der Waals surface area contributed by atoms with Gasteiger partial charge in [0.05, 0.1) is 0 Å². The van der Waals surface area contributed by atoms with E-state index < -0.39 is 0 Å². The molecule has 0 N–H and O–H groups in total. The number of hydrogen-bond acceptors (Lipinski definition) is 1. The fraction of sp³-hybridized carbons (Fsp3) is 0.231. The SMILES string of the molecule is Cc1cccc(Oc2cccn2C)c1C. The Balaban J connectivity index is 2.33. The highest BCUT2D eigenvalue weighted by atomic mass is 16.5. The Morgan fingerprint density at radius 2 is 1.87 bits per heavy atom. The van der Waals surface area contributed by atoms with Crippen LogP contribution in [0.5, 0.6) is 11.6 Å². The number of rotatable bonds is 2. The lowest BCUT2D eigenvalue weighted by Gasteiger charge is -2.10. The van der Waals surface area contributed by atoms with Crippen LogP contribution in [0.3, 0.4) is 0 Å². The zero-order valence-corrected chi connectivity index (χ0v) is 9.32. The number of aromatic nitrogens is 1. The van der Waals surface area contributed by atoms with E-state index in [1.807, 2.05) is 42.1 Å². The van der Waals surface area contributed by atoms with Gasteiger partial charge in [0.1, 0.15) is 5.75 Å². The molecule has 0 saturated carbocycles. The molecule has 2 heteroatoms. The Bertz CT molecular complexity index is 471. The molecule has 0 amide bonds. The first kappa shape index (κ1) is 9.84. The van der Waals surface area contributed by atoms with Gasteiger partial charge in [0.2, 0.25) is 0 Å². The van der Waals surface area contributed by atoms with Gasteiger partial charge in [-0.25, -0.2) is 0 Å². The predicted octanol–water partition coefficient (Wildman–Crippen LogP) is 3.43. The molecule has 1 aromatic heterocycles. The lowest BCUT2D eigenvalue weighted by atomic mass is 10.1. The summed E-state index contributed by atoms with van der Waals surface area (Å²) in [4.78, 5) is 0. The molecule has 2 nitrogen and oxygen atoms in total. The van der Waals surface area contributed by atoms with Crippen LogP contribution in [-0.2, 0) is 7.05 Å². The zero-order valence-electron chi connectivity index (χ0n) is 9.32. The average Bonchev–Trinajstić information content (AvgIpc) is 2.60. The summed E-state index contributed by atoms with van der Waals surface area (Å²) in [6.07, 6.45) is 1.97. The molecule has 0 unspecified atom stereocenters. The van der Waals surface area contributed by atoms with Gasteiger partial charge in [-0.1, -0.05) is 12.1 Å². The molecular weight excluding hydrogens is 186 g/mol. The first-order valence-corrected chi connectivity index (χ1v) is 5.04. The predicted molar refractivity (Wildman–Crippen MR) is 61.4 cm³/mol. The van der Waals surface area contributed by atoms with Crippen molar-refractivity contribution in [3.8, 4) is 11.6 Å². The van der Waals surface area contributed by atoms with Gasteiger partial charge in [-0.3, -0.25) is 0 Å². The van der Waals surface area contributed by atoms with E-state index in [4.69, 9.17) is 4.74 Å². The summed E-state index contributed by atoms with van der Waals surface area (Å²) in [7, 11) is 1.97. The van der Waals surface area contributed by atoms with E-state index in [1.54, 1.807) is 0 Å². The minimum Gasteiger partial charge on any atom is -0.441 e. The second-order valence-electron chi connectivity index (χ2n) is 3.76. The van der Waals surface area contributed by atoms with Gasteiger partial charge in [0.25, 0.3) is 0 Å². The Morgan fingerprint density at radius 1 is 1.07 bits per heavy atom. The topological polar surface area (TPSA) is 14.2 Å². The number of aryl methyl sites for hydroxylation is 2. The lowest BCUT2D eigenvalue weighted by molar-refractivity contribution is 0.440. The van der Waals surface area contributed by atoms with Crippen LogP contribution in [0.2, 0.25) is 0 Å². The first-order valence-electron chi connectivity index (χ1n) is 5.04. The largest absolute Gasteiger partial charge is 0.441 e. The Morgan fingerprint density at radius 3 is 2.53 bits per heavy atom. The van der Waals surface area contributed by atoms with Crippen LogP contribution in [0.4, 0.5) is 0 Å². The molecule has 0 aliphatic carbocycles. The normalized spacial score (nSPS) is 10.3. The minimum absolute atomic E-state index is 0.865. The number of hydrogen-bond donors (Lipinski definition) is 0. The molecule has 2 rings (SSSR count). The Kier molecular flexibility index (Phi) is 2.50. The Labute approximate surface area is 90.1 Å². The highest BCUT2D eigenvalue weighted by molar-refractivity contribution is 5.40. The van der Waals surface area contributed by atoms with Crippen molar-refractivity contribution in [2.24, 2.45) is 7.05 Å². The monoisotopic (exact) mass is 201 g/mol. The van der Waals surface area contributed by atoms with Crippen molar-refractivity contribution in [2.75, 3.05) is 0 Å². The summed E-state index contributed by atoms with van der Waals surface area (Å²) in [5, 5.41) is 0. The molecule has 0 bridgehead atoms. The van der Waals surface area contributed by atoms with Gasteiger partial charge >= 0.3 is 0 Å². The molecule has 0 aliphatic heterocycles. The van der Waals surface area contributed by atoms with Gasteiger partial charge in [-0.15, -0.1) is 0 Å². The number of benzene rings is 1. The fourth-order valence-corrected chi connectivity index (χ4v) is 1.50. The Hall–Kier alpha value is -1.70. The van der Waals surface area contributed by atoms with Crippen molar-refractivity contribution in [1.29, 1.82) is 0 Å². The summed E-state index contributed by atoms with van der Waals surface area (Å²) >= 11 is 0. The maximum Gasteiger partial charge on any atom is 0.199 e. The van der Waals surface area contributed by atoms with Crippen LogP contribution in [0.25, 0.3) is 0 Å². The molecule has 1 heterocycles. The summed E-state index contributed by atoms with van der Waals surface area (Å²) in [6, 6.07) is 10.0. The van der Waals surface area contributed by atoms with Crippen LogP contribution in [0, 0.1) is 13.8 Å². The van der Waals surface area contributed by atoms with E-state index in [2.05, 4.69) is 19.9 Å². The average molecular weight is 201 g/mol. The van der Waals surface area contributed by atoms with Crippen LogP contribution in [-0.4, -0.2) is 4.57 Å². The standard InChI is InChI=1S/C13H15NO/c1-10-6-4-7-12(11(10)2)15-13-8-5-9-14(13)3/h4-9H,1-3H3. The molecule has 0 fully saturated rings. The van der Waals surface area contributed by atoms with Crippen molar-refractivity contribution in [2.45, 2.75) is 13.8 Å². The molecule has 0 radical (unpaired) electrons. The van der Waals surface area contributed by atoms with Crippen molar-refractivity contribution >= 4 is 0 Å². The van der Waals surface area contributed by atoms with Gasteiger partial charge in [-0.05, 0) is 37.1 Å². The second kappa shape index (κ2) is 3.81. The van der Waals surface area contributed by atoms with E-state index >= 15 is 0 Å². The van der Waals surface area contributed by atoms with E-state index in [0.29, 0.717) is 0 Å². The van der Waals surface area contributed by atoms with Crippen LogP contribution in [0.1, 0.15) is 11.1 Å². The maximum atomic E-state index is 5.82. The number of ether oxygens (including phenoxy) is 1. The van der Waals surface area contributed by atoms with E-state index in [-0.39, 0.29) is 0 Å². The van der Waals surface area contributed by atoms with Crippen LogP contribution < -0.4 is 4.74 Å². The van der Waals surface area contributed by atoms with Gasteiger partial charge in [0, 0.05) is 19.3 Å². The lowest BCUT2D eigenvalue weighted by Crippen LogP contribution is -1.94. The van der Waals surface area contributed by atoms with Crippen LogP contribution in [0.15, 0.2) is 36.5 Å². The van der Waals surface area contributed by atoms with Crippen LogP contribution >= 0.6 is 0 Å². The molecule has 0 saturated heterocycles. The van der Waals surface area contributed by atoms with E-state index in [0.717, 1.165) is 11.6 Å². The van der Waals surface area contributed by atoms with E-state index in [9.17, 15) is 0 Å². The van der Waals surface area contributed by atoms with Gasteiger partial charge < -0.3 is 9.30 Å². The smallest absolute Gasteiger partial charge is 0.199 e. The van der Waals surface area contributed by atoms with Crippen molar-refractivity contribution in [1.82, 2.24) is 4.57 Å². The summed E-state index contributed by atoms with van der Waals surface area (Å²) in [6.45, 7) is 4.17. The molecular formula is C13H15NO. The molecule has 78 valence electrons. The molecule has 15 heavy (non-hydrogen) atoms. The van der Waals surface area contributed by atoms with E-state index in [1.165, 1.54) is 11.1 Å². The highest BCUT2D eigenvalue weighted by Gasteiger charge is 2.04. The third-order valence-electron chi connectivity index (χ3n) is 2.67. The molecule has 2 aromatic rings. The third kappa shape index (κ3) is 1.89. The van der Waals surface area contributed by atoms with Crippen molar-refractivity contribution in [3.63, 3.8) is 0 Å². The zero-order chi connectivity index (χ0) is 10.8. The second-order valence-corrected chi connectivity index (χ2v) is 3.76. The van der Waals surface area contributed by atoms with Gasteiger partial charge in [-0.2, -0.15) is 0 Å². The number of nitrogens with zero attached hydrogens (tertiary/aromatic N) is 1. The first-order chi connectivity index (χ1) is 7.18. The summed E-state index contributed by atoms with van der Waals surface area (Å²) < 4.78 is 7.78. The quantitative estimate of drug-likeness (QED) is 0.726. The summed E-state index contributed by atoms with van der Waals surface area (Å²) in [5.41, 5.74) is 2.44. The maximum absolute atomic E-state index is 5.82.